The molecule has 2 aromatic rings. The number of hydrogen-bond acceptors (Lipinski definition) is 12. The quantitative estimate of drug-likeness (QED) is 0.0931. The number of benzene rings is 1. The van der Waals surface area contributed by atoms with Crippen LogP contribution in [0.5, 0.6) is 5.75 Å². The first-order valence-corrected chi connectivity index (χ1v) is 22.5. The number of aliphatic hydroxyl groups excluding tert-OH is 1. The lowest BCUT2D eigenvalue weighted by Gasteiger charge is -2.53. The van der Waals surface area contributed by atoms with Crippen LogP contribution in [-0.2, 0) is 26.2 Å². The van der Waals surface area contributed by atoms with Gasteiger partial charge in [0.25, 0.3) is 0 Å². The number of fused-ring (bicyclic) bond motifs is 6. The van der Waals surface area contributed by atoms with E-state index < -0.39 is 28.5 Å². The van der Waals surface area contributed by atoms with Gasteiger partial charge in [0.05, 0.1) is 18.2 Å². The van der Waals surface area contributed by atoms with E-state index in [2.05, 4.69) is 22.8 Å². The fraction of sp³-hybridized carbons (Fsp3) is 0.558. The number of hydrogen-bond donors (Lipinski definition) is 4. The van der Waals surface area contributed by atoms with Crippen molar-refractivity contribution in [1.82, 2.24) is 15.5 Å². The number of nitrogens with zero attached hydrogens (tertiary/aromatic N) is 1. The zero-order valence-corrected chi connectivity index (χ0v) is 34.5. The normalized spacial score (nSPS) is 30.1. The van der Waals surface area contributed by atoms with E-state index in [0.29, 0.717) is 65.8 Å². The van der Waals surface area contributed by atoms with Gasteiger partial charge in [0.1, 0.15) is 11.3 Å². The van der Waals surface area contributed by atoms with Crippen LogP contribution in [0.25, 0.3) is 11.0 Å². The summed E-state index contributed by atoms with van der Waals surface area (Å²) in [7, 11) is 5.54. The van der Waals surface area contributed by atoms with Gasteiger partial charge in [-0.1, -0.05) is 52.2 Å². The van der Waals surface area contributed by atoms with Crippen molar-refractivity contribution in [3.05, 3.63) is 86.1 Å². The highest BCUT2D eigenvalue weighted by molar-refractivity contribution is 8.76. The molecule has 56 heavy (non-hydrogen) atoms. The highest BCUT2D eigenvalue weighted by Gasteiger charge is 2.64. The average Bonchev–Trinajstić information content (AvgIpc) is 3.79. The highest BCUT2D eigenvalue weighted by Crippen LogP contribution is 2.57. The van der Waals surface area contributed by atoms with Crippen LogP contribution in [0.3, 0.4) is 0 Å². The number of carbonyl (C=O) groups excluding carboxylic acids is 2. The minimum absolute atomic E-state index is 0.00341. The summed E-state index contributed by atoms with van der Waals surface area (Å²) < 4.78 is 20.0. The number of carbonyl (C=O) groups is 2. The van der Waals surface area contributed by atoms with Crippen molar-refractivity contribution in [3.63, 3.8) is 0 Å². The van der Waals surface area contributed by atoms with Crippen LogP contribution >= 0.6 is 21.6 Å². The van der Waals surface area contributed by atoms with Gasteiger partial charge < -0.3 is 40.3 Å². The molecule has 8 rings (SSSR count). The van der Waals surface area contributed by atoms with Gasteiger partial charge in [0.2, 0.25) is 5.91 Å². The van der Waals surface area contributed by atoms with Crippen molar-refractivity contribution in [2.24, 2.45) is 17.6 Å². The molecule has 2 aliphatic carbocycles. The van der Waals surface area contributed by atoms with Crippen molar-refractivity contribution in [2.45, 2.75) is 94.8 Å². The zero-order valence-electron chi connectivity index (χ0n) is 32.8. The molecule has 300 valence electrons. The van der Waals surface area contributed by atoms with Gasteiger partial charge in [-0.2, -0.15) is 0 Å². The summed E-state index contributed by atoms with van der Waals surface area (Å²) in [6, 6.07) is 6.00. The largest absolute Gasteiger partial charge is 0.481 e. The Morgan fingerprint density at radius 1 is 1.21 bits per heavy atom. The first-order chi connectivity index (χ1) is 26.9. The molecule has 0 radical (unpaired) electrons. The van der Waals surface area contributed by atoms with E-state index in [0.717, 1.165) is 72.2 Å². The second-order valence-electron chi connectivity index (χ2n) is 16.7. The first kappa shape index (κ1) is 39.2. The number of nitrogens with two attached hydrogens (primary N) is 1. The second-order valence-corrected chi connectivity index (χ2v) is 19.3. The van der Waals surface area contributed by atoms with Gasteiger partial charge >= 0.3 is 11.6 Å². The van der Waals surface area contributed by atoms with Crippen LogP contribution in [0, 0.1) is 11.8 Å². The molecule has 1 aromatic heterocycles. The number of amides is 1. The monoisotopic (exact) mass is 802 g/mol. The molecule has 4 aliphatic heterocycles. The van der Waals surface area contributed by atoms with Crippen molar-refractivity contribution >= 4 is 44.4 Å². The number of rotatable bonds is 7. The van der Waals surface area contributed by atoms with Crippen LogP contribution in [-0.4, -0.2) is 83.9 Å². The topological polar surface area (TPSA) is 156 Å². The van der Waals surface area contributed by atoms with Gasteiger partial charge in [0, 0.05) is 90.6 Å². The van der Waals surface area contributed by atoms with Crippen molar-refractivity contribution < 1.29 is 28.6 Å². The molecule has 1 amide bonds. The van der Waals surface area contributed by atoms with E-state index in [1.165, 1.54) is 0 Å². The first-order valence-electron chi connectivity index (χ1n) is 20.0. The Morgan fingerprint density at radius 2 is 2.02 bits per heavy atom. The fourth-order valence-corrected chi connectivity index (χ4v) is 12.8. The molecule has 0 unspecified atom stereocenters. The number of ether oxygens (including phenoxy) is 2. The van der Waals surface area contributed by atoms with Crippen molar-refractivity contribution in [1.29, 1.82) is 0 Å². The third-order valence-electron chi connectivity index (χ3n) is 13.6. The van der Waals surface area contributed by atoms with E-state index in [9.17, 15) is 19.5 Å². The maximum absolute atomic E-state index is 14.2. The smallest absolute Gasteiger partial charge is 0.340 e. The number of dihydropyridines is 1. The van der Waals surface area contributed by atoms with Gasteiger partial charge in [0.15, 0.2) is 11.2 Å². The summed E-state index contributed by atoms with van der Waals surface area (Å²) in [5, 5.41) is 17.4. The predicted octanol–water partition coefficient (Wildman–Crippen LogP) is 5.41. The number of esters is 1. The van der Waals surface area contributed by atoms with E-state index >= 15 is 0 Å². The molecule has 6 aliphatic rings. The summed E-state index contributed by atoms with van der Waals surface area (Å²) in [6.07, 6.45) is 11.2. The summed E-state index contributed by atoms with van der Waals surface area (Å²) in [4.78, 5) is 43.6. The Balaban J connectivity index is 1.27. The third-order valence-corrected chi connectivity index (χ3v) is 15.9. The standard InChI is InChI=1S/C43H54N4O7S2/c1-5-25(2)39(50)54-41(3)11-8-26-23-55-56-24-33-30(20-45-4)22-47(33)37(49)16-29-21-46-36(44)17-31(29)38(26)43(41)19-28-14-27-15-32(42(12-13-48)9-6-7-10-42)40(51)52-34(27)18-35(28)53-43/h5,8,14-15,17-18,30,33,38,45-46,48H,6-7,9-13,16,19-24,44H2,1-4H3/b25-5+/t30-,33+,38-,41+,43+/m0/s1. The van der Waals surface area contributed by atoms with E-state index in [1.807, 2.05) is 44.0 Å². The van der Waals surface area contributed by atoms with E-state index in [4.69, 9.17) is 19.6 Å². The van der Waals surface area contributed by atoms with E-state index in [-0.39, 0.29) is 30.6 Å². The lowest BCUT2D eigenvalue weighted by atomic mass is 9.61. The summed E-state index contributed by atoms with van der Waals surface area (Å²) in [5.74, 6) is 2.28. The van der Waals surface area contributed by atoms with Crippen LogP contribution < -0.4 is 26.7 Å². The minimum Gasteiger partial charge on any atom is -0.481 e. The van der Waals surface area contributed by atoms with Crippen LogP contribution in [0.1, 0.15) is 76.8 Å². The highest BCUT2D eigenvalue weighted by atomic mass is 33.1. The zero-order chi connectivity index (χ0) is 39.4. The third kappa shape index (κ3) is 6.60. The molecule has 0 bridgehead atoms. The van der Waals surface area contributed by atoms with Gasteiger partial charge in [-0.3, -0.25) is 4.79 Å². The second kappa shape index (κ2) is 15.3. The average molecular weight is 803 g/mol. The maximum Gasteiger partial charge on any atom is 0.340 e. The molecule has 2 fully saturated rings. The SMILES string of the molecule is C/C=C(\C)C(=O)O[C@]1(C)CC=C2CSSC[C@@H]3[C@@H](CNC)CN3C(=O)CC3=C(C=C(N)NC3)[C@H]2[C@]12Cc1cc3cc(C4(CCO)CCCC4)c(=O)oc3cc1O2. The maximum atomic E-state index is 14.2. The summed E-state index contributed by atoms with van der Waals surface area (Å²) >= 11 is 0. The lowest BCUT2D eigenvalue weighted by molar-refractivity contribution is -0.186. The fourth-order valence-electron chi connectivity index (χ4n) is 10.2. The molecule has 1 saturated heterocycles. The van der Waals surface area contributed by atoms with Gasteiger partial charge in [-0.15, -0.1) is 0 Å². The van der Waals surface area contributed by atoms with Crippen LogP contribution in [0.15, 0.2) is 73.8 Å². The molecule has 11 nitrogen and oxygen atoms in total. The predicted molar refractivity (Wildman–Crippen MR) is 221 cm³/mol. The summed E-state index contributed by atoms with van der Waals surface area (Å²) in [6.45, 7) is 7.56. The van der Waals surface area contributed by atoms with Gasteiger partial charge in [-0.25, -0.2) is 9.59 Å². The molecular formula is C43H54N4O7S2. The molecule has 1 aromatic carbocycles. The van der Waals surface area contributed by atoms with Crippen molar-refractivity contribution in [3.8, 4) is 5.75 Å². The van der Waals surface area contributed by atoms with Crippen LogP contribution in [0.4, 0.5) is 0 Å². The molecule has 1 saturated carbocycles. The Morgan fingerprint density at radius 3 is 2.77 bits per heavy atom. The molecule has 5 atom stereocenters. The number of allylic oxidation sites excluding steroid dienone is 2. The Labute approximate surface area is 336 Å². The number of nitrogens with one attached hydrogen (secondary N) is 2. The summed E-state index contributed by atoms with van der Waals surface area (Å²) in [5.41, 5.74) is 8.96. The molecule has 5 N–H and O–H groups in total. The van der Waals surface area contributed by atoms with E-state index in [1.54, 1.807) is 34.6 Å². The minimum atomic E-state index is -1.15. The van der Waals surface area contributed by atoms with Crippen molar-refractivity contribution in [2.75, 3.05) is 44.8 Å². The van der Waals surface area contributed by atoms with Gasteiger partial charge in [-0.05, 0) is 82.0 Å². The Hall–Kier alpha value is -3.65. The number of aliphatic hydroxyl groups is 1. The van der Waals surface area contributed by atoms with Crippen LogP contribution in [0.2, 0.25) is 0 Å². The molecular weight excluding hydrogens is 749 g/mol. The Kier molecular flexibility index (Phi) is 10.7. The lowest BCUT2D eigenvalue weighted by Crippen LogP contribution is -2.65. The molecule has 1 spiro atoms. The molecule has 13 heteroatoms. The Bertz CT molecular complexity index is 2120. The molecule has 5 heterocycles.